The fourth-order valence-corrected chi connectivity index (χ4v) is 6.80. The summed E-state index contributed by atoms with van der Waals surface area (Å²) < 4.78 is 3.13. The molecule has 11 heteroatoms. The molecule has 0 spiro atoms. The summed E-state index contributed by atoms with van der Waals surface area (Å²) in [7, 11) is 0. The zero-order valence-corrected chi connectivity index (χ0v) is 23.0. The SMILES string of the molecule is O=C(O)c1cccc([N+](=O)[O-])c1.O=C(O)c1cccc([N+](=O)[O-])c1.c1cc[c]([Pb][c]2ccccc2)cc1. The van der Waals surface area contributed by atoms with E-state index in [-0.39, 0.29) is 22.5 Å². The van der Waals surface area contributed by atoms with Crippen molar-refractivity contribution in [2.24, 2.45) is 0 Å². The number of hydrogen-bond donors (Lipinski definition) is 2. The molecule has 4 aromatic rings. The van der Waals surface area contributed by atoms with Gasteiger partial charge in [-0.25, -0.2) is 9.59 Å². The molecule has 0 heterocycles. The Bertz CT molecular complexity index is 1200. The molecule has 0 saturated carbocycles. The molecule has 0 amide bonds. The van der Waals surface area contributed by atoms with Gasteiger partial charge in [0.25, 0.3) is 11.4 Å². The van der Waals surface area contributed by atoms with Gasteiger partial charge in [0.05, 0.1) is 21.0 Å². The van der Waals surface area contributed by atoms with Gasteiger partial charge in [-0.3, -0.25) is 20.2 Å². The first-order valence-corrected chi connectivity index (χ1v) is 14.4. The minimum absolute atomic E-state index is 0.0794. The van der Waals surface area contributed by atoms with Crippen LogP contribution in [0.4, 0.5) is 11.4 Å². The van der Waals surface area contributed by atoms with Gasteiger partial charge in [-0.2, -0.15) is 0 Å². The monoisotopic (exact) mass is 696 g/mol. The van der Waals surface area contributed by atoms with E-state index in [2.05, 4.69) is 60.7 Å². The van der Waals surface area contributed by atoms with Crippen molar-refractivity contribution >= 4 is 53.8 Å². The van der Waals surface area contributed by atoms with E-state index in [9.17, 15) is 29.8 Å². The first kappa shape index (κ1) is 28.8. The zero-order chi connectivity index (χ0) is 27.2. The summed E-state index contributed by atoms with van der Waals surface area (Å²) in [6.07, 6.45) is 0. The molecule has 0 aliphatic heterocycles. The molecule has 186 valence electrons. The normalized spacial score (nSPS) is 9.51. The van der Waals surface area contributed by atoms with Gasteiger partial charge >= 0.3 is 103 Å². The molecule has 0 aliphatic carbocycles. The quantitative estimate of drug-likeness (QED) is 0.174. The number of carboxylic acid groups (broad SMARTS) is 2. The van der Waals surface area contributed by atoms with Crippen molar-refractivity contribution in [3.05, 3.63) is 141 Å². The number of carbonyl (C=O) groups is 2. The second-order valence-electron chi connectivity index (χ2n) is 7.08. The predicted octanol–water partition coefficient (Wildman–Crippen LogP) is 3.93. The molecule has 0 atom stereocenters. The Kier molecular flexibility index (Phi) is 11.5. The van der Waals surface area contributed by atoms with Crippen molar-refractivity contribution in [1.82, 2.24) is 0 Å². The van der Waals surface area contributed by atoms with Crippen molar-refractivity contribution < 1.29 is 29.6 Å². The number of benzene rings is 4. The number of non-ortho nitro benzene ring substituents is 2. The molecule has 0 aromatic heterocycles. The van der Waals surface area contributed by atoms with Gasteiger partial charge < -0.3 is 10.2 Å². The Balaban J connectivity index is 0.000000195. The maximum absolute atomic E-state index is 10.4. The van der Waals surface area contributed by atoms with Crippen molar-refractivity contribution in [2.45, 2.75) is 0 Å². The first-order chi connectivity index (χ1) is 17.7. The zero-order valence-electron chi connectivity index (χ0n) is 19.1. The third kappa shape index (κ3) is 10.4. The van der Waals surface area contributed by atoms with E-state index in [0.29, 0.717) is 0 Å². The Labute approximate surface area is 223 Å². The molecule has 0 unspecified atom stereocenters. The Hall–Kier alpha value is -4.46. The standard InChI is InChI=1S/2C7H5NO4.2C6H5.Pb/c2*9-7(10)5-2-1-3-6(4-5)8(11)12;2*1-2-4-6-5-3-1;/h2*1-4H,(H,9,10);2*1-5H;. The van der Waals surface area contributed by atoms with Crippen LogP contribution in [0.2, 0.25) is 0 Å². The summed E-state index contributed by atoms with van der Waals surface area (Å²) in [5.74, 6) is -2.34. The van der Waals surface area contributed by atoms with Crippen LogP contribution in [0.5, 0.6) is 0 Å². The van der Waals surface area contributed by atoms with E-state index in [4.69, 9.17) is 10.2 Å². The topological polar surface area (TPSA) is 161 Å². The van der Waals surface area contributed by atoms with Crippen molar-refractivity contribution in [3.63, 3.8) is 0 Å². The molecule has 0 aliphatic rings. The summed E-state index contributed by atoms with van der Waals surface area (Å²) in [5.41, 5.74) is -0.585. The van der Waals surface area contributed by atoms with Crippen molar-refractivity contribution in [2.75, 3.05) is 0 Å². The summed E-state index contributed by atoms with van der Waals surface area (Å²) in [6, 6.07) is 31.5. The second kappa shape index (κ2) is 14.8. The van der Waals surface area contributed by atoms with E-state index in [1.54, 1.807) is 6.25 Å². The first-order valence-electron chi connectivity index (χ1n) is 10.5. The molecular weight excluding hydrogens is 675 g/mol. The Morgan fingerprint density at radius 1 is 0.568 bits per heavy atom. The number of carboxylic acids is 2. The maximum atomic E-state index is 10.4. The van der Waals surface area contributed by atoms with Crippen LogP contribution in [0, 0.1) is 20.2 Å². The Morgan fingerprint density at radius 2 is 0.919 bits per heavy atom. The molecule has 4 aromatic carbocycles. The molecule has 37 heavy (non-hydrogen) atoms. The summed E-state index contributed by atoms with van der Waals surface area (Å²) >= 11 is -0.740. The van der Waals surface area contributed by atoms with Crippen LogP contribution in [0.3, 0.4) is 0 Å². The van der Waals surface area contributed by atoms with Crippen LogP contribution in [0.1, 0.15) is 20.7 Å². The number of nitrogens with zero attached hydrogens (tertiary/aromatic N) is 2. The van der Waals surface area contributed by atoms with Gasteiger partial charge in [0.15, 0.2) is 0 Å². The average Bonchev–Trinajstić information content (AvgIpc) is 2.90. The van der Waals surface area contributed by atoms with Gasteiger partial charge in [-0.1, -0.05) is 12.1 Å². The van der Waals surface area contributed by atoms with Gasteiger partial charge in [0.2, 0.25) is 0 Å². The number of nitro groups is 2. The van der Waals surface area contributed by atoms with Crippen LogP contribution >= 0.6 is 0 Å². The van der Waals surface area contributed by atoms with Gasteiger partial charge in [0, 0.05) is 24.3 Å². The van der Waals surface area contributed by atoms with Crippen LogP contribution < -0.4 is 6.25 Å². The number of rotatable bonds is 6. The second-order valence-corrected chi connectivity index (χ2v) is 12.5. The number of nitro benzene ring substituents is 2. The number of aromatic carboxylic acids is 2. The fourth-order valence-electron chi connectivity index (χ4n) is 2.71. The van der Waals surface area contributed by atoms with Crippen LogP contribution in [0.15, 0.2) is 109 Å². The summed E-state index contributed by atoms with van der Waals surface area (Å²) in [5, 5.41) is 37.3. The molecule has 0 bridgehead atoms. The van der Waals surface area contributed by atoms with E-state index < -0.39 is 46.0 Å². The van der Waals surface area contributed by atoms with E-state index in [1.807, 2.05) is 0 Å². The molecule has 0 fully saturated rings. The van der Waals surface area contributed by atoms with E-state index in [0.717, 1.165) is 12.1 Å². The number of hydrogen-bond acceptors (Lipinski definition) is 6. The minimum atomic E-state index is -1.17. The van der Waals surface area contributed by atoms with Gasteiger partial charge in [-0.15, -0.1) is 0 Å². The summed E-state index contributed by atoms with van der Waals surface area (Å²) in [4.78, 5) is 39.8. The fraction of sp³-hybridized carbons (Fsp3) is 0. The molecule has 2 N–H and O–H groups in total. The van der Waals surface area contributed by atoms with Crippen LogP contribution in [-0.4, -0.2) is 56.2 Å². The van der Waals surface area contributed by atoms with Gasteiger partial charge in [-0.05, 0) is 12.1 Å². The molecule has 10 nitrogen and oxygen atoms in total. The van der Waals surface area contributed by atoms with Crippen molar-refractivity contribution in [1.29, 1.82) is 0 Å². The van der Waals surface area contributed by atoms with Crippen LogP contribution in [0.25, 0.3) is 0 Å². The predicted molar refractivity (Wildman–Crippen MR) is 138 cm³/mol. The molecule has 0 saturated heterocycles. The van der Waals surface area contributed by atoms with Gasteiger partial charge in [0.1, 0.15) is 0 Å². The third-order valence-corrected chi connectivity index (χ3v) is 9.28. The third-order valence-electron chi connectivity index (χ3n) is 4.44. The molecule has 4 rings (SSSR count). The van der Waals surface area contributed by atoms with Crippen LogP contribution in [-0.2, 0) is 0 Å². The van der Waals surface area contributed by atoms with E-state index in [1.165, 1.54) is 36.4 Å². The van der Waals surface area contributed by atoms with Crippen molar-refractivity contribution in [3.8, 4) is 0 Å². The van der Waals surface area contributed by atoms with E-state index >= 15 is 0 Å². The molecular formula is C26H20N2O8Pb. The summed E-state index contributed by atoms with van der Waals surface area (Å²) in [6.45, 7) is 0. The molecule has 2 radical (unpaired) electrons. The Morgan fingerprint density at radius 3 is 1.22 bits per heavy atom. The average molecular weight is 696 g/mol.